The molecular weight excluding hydrogens is 390 g/mol. The second-order valence-electron chi connectivity index (χ2n) is 7.58. The number of carbonyl (C=O) groups is 2. The zero-order chi connectivity index (χ0) is 21.4. The van der Waals surface area contributed by atoms with Gasteiger partial charge in [0.25, 0.3) is 0 Å². The molecule has 0 amide bonds. The van der Waals surface area contributed by atoms with Crippen molar-refractivity contribution in [3.8, 4) is 0 Å². The van der Waals surface area contributed by atoms with E-state index in [1.807, 2.05) is 23.4 Å². The number of hydrogen-bond acceptors (Lipinski definition) is 7. The van der Waals surface area contributed by atoms with E-state index in [1.54, 1.807) is 18.3 Å². The number of aromatic carboxylic acids is 1. The molecule has 2 aromatic heterocycles. The van der Waals surface area contributed by atoms with Crippen molar-refractivity contribution >= 4 is 22.8 Å². The van der Waals surface area contributed by atoms with Crippen LogP contribution in [-0.2, 0) is 18.4 Å². The van der Waals surface area contributed by atoms with E-state index in [2.05, 4.69) is 15.2 Å². The predicted octanol–water partition coefficient (Wildman–Crippen LogP) is 1.51. The summed E-state index contributed by atoms with van der Waals surface area (Å²) in [5, 5.41) is 27.7. The summed E-state index contributed by atoms with van der Waals surface area (Å²) in [5.74, 6) is -1.99. The summed E-state index contributed by atoms with van der Waals surface area (Å²) >= 11 is 0. The van der Waals surface area contributed by atoms with Crippen LogP contribution in [-0.4, -0.2) is 73.0 Å². The smallest absolute Gasteiger partial charge is 0.335 e. The van der Waals surface area contributed by atoms with Crippen molar-refractivity contribution in [1.82, 2.24) is 24.7 Å². The number of benzene rings is 1. The Kier molecular flexibility index (Phi) is 5.27. The van der Waals surface area contributed by atoms with E-state index in [0.29, 0.717) is 43.7 Å². The summed E-state index contributed by atoms with van der Waals surface area (Å²) in [7, 11) is 1.83. The van der Waals surface area contributed by atoms with Gasteiger partial charge in [0.15, 0.2) is 0 Å². The highest BCUT2D eigenvalue weighted by atomic mass is 16.6. The molecule has 158 valence electrons. The Balaban J connectivity index is 1.58. The lowest BCUT2D eigenvalue weighted by Gasteiger charge is -2.37. The lowest BCUT2D eigenvalue weighted by Crippen LogP contribution is -2.48. The Morgan fingerprint density at radius 3 is 2.50 bits per heavy atom. The number of aromatic nitrogens is 3. The summed E-state index contributed by atoms with van der Waals surface area (Å²) in [4.78, 5) is 27.8. The molecule has 0 aliphatic carbocycles. The molecule has 10 heteroatoms. The van der Waals surface area contributed by atoms with Gasteiger partial charge in [-0.3, -0.25) is 14.6 Å². The number of aryl methyl sites for hydroxylation is 2. The number of fused-ring (bicyclic) bond motifs is 1. The zero-order valence-corrected chi connectivity index (χ0v) is 16.8. The minimum Gasteiger partial charge on any atom is -0.480 e. The molecule has 1 aliphatic rings. The molecular formula is C20H23N5O5. The van der Waals surface area contributed by atoms with Crippen LogP contribution in [0.5, 0.6) is 0 Å². The predicted molar refractivity (Wildman–Crippen MR) is 106 cm³/mol. The van der Waals surface area contributed by atoms with Crippen molar-refractivity contribution < 1.29 is 24.4 Å². The van der Waals surface area contributed by atoms with Gasteiger partial charge < -0.3 is 14.8 Å². The normalized spacial score (nSPS) is 16.7. The molecule has 1 unspecified atom stereocenters. The van der Waals surface area contributed by atoms with Gasteiger partial charge in [-0.2, -0.15) is 0 Å². The average molecular weight is 413 g/mol. The fourth-order valence-electron chi connectivity index (χ4n) is 4.04. The maximum atomic E-state index is 12.2. The molecule has 1 saturated heterocycles. The van der Waals surface area contributed by atoms with Gasteiger partial charge in [-0.15, -0.1) is 0 Å². The third-order valence-electron chi connectivity index (χ3n) is 5.69. The van der Waals surface area contributed by atoms with E-state index >= 15 is 0 Å². The molecule has 3 aromatic rings. The Hall–Kier alpha value is -3.24. The largest absolute Gasteiger partial charge is 0.480 e. The van der Waals surface area contributed by atoms with E-state index in [0.717, 1.165) is 16.9 Å². The van der Waals surface area contributed by atoms with Gasteiger partial charge in [-0.25, -0.2) is 9.42 Å². The number of rotatable bonds is 6. The third kappa shape index (κ3) is 3.66. The Bertz CT molecular complexity index is 1100. The van der Waals surface area contributed by atoms with Crippen molar-refractivity contribution in [2.75, 3.05) is 26.2 Å². The third-order valence-corrected chi connectivity index (χ3v) is 5.69. The van der Waals surface area contributed by atoms with Crippen LogP contribution < -0.4 is 0 Å². The van der Waals surface area contributed by atoms with Crippen LogP contribution in [0.15, 0.2) is 29.0 Å². The van der Waals surface area contributed by atoms with E-state index in [-0.39, 0.29) is 5.56 Å². The number of piperazine rings is 1. The minimum atomic E-state index is -1.04. The van der Waals surface area contributed by atoms with Crippen molar-refractivity contribution in [1.29, 1.82) is 0 Å². The SMILES string of the molecule is Cc1nonc1CN1CCN(C(C(=O)O)c2cn(C)c3ccc(C(=O)O)cc23)CC1. The standard InChI is InChI=1S/C20H23N5O5/c1-12-16(22-30-21-12)11-24-5-7-25(8-6-24)18(20(28)29)15-10-23(2)17-4-3-13(19(26)27)9-14(15)17/h3-4,9-10,18H,5-8,11H2,1-2H3,(H,26,27)(H,28,29). The molecule has 1 fully saturated rings. The first-order valence-corrected chi connectivity index (χ1v) is 9.64. The second-order valence-corrected chi connectivity index (χ2v) is 7.58. The zero-order valence-electron chi connectivity index (χ0n) is 16.8. The molecule has 0 spiro atoms. The van der Waals surface area contributed by atoms with Crippen LogP contribution >= 0.6 is 0 Å². The van der Waals surface area contributed by atoms with Crippen LogP contribution in [0.2, 0.25) is 0 Å². The van der Waals surface area contributed by atoms with Gasteiger partial charge in [0.1, 0.15) is 17.4 Å². The highest BCUT2D eigenvalue weighted by Crippen LogP contribution is 2.31. The topological polar surface area (TPSA) is 125 Å². The Morgan fingerprint density at radius 1 is 1.17 bits per heavy atom. The minimum absolute atomic E-state index is 0.139. The highest BCUT2D eigenvalue weighted by molar-refractivity contribution is 5.96. The van der Waals surface area contributed by atoms with Gasteiger partial charge in [-0.1, -0.05) is 10.3 Å². The van der Waals surface area contributed by atoms with Crippen molar-refractivity contribution in [3.05, 3.63) is 46.9 Å². The molecule has 1 aromatic carbocycles. The van der Waals surface area contributed by atoms with Crippen LogP contribution in [0.4, 0.5) is 0 Å². The number of carboxylic acids is 2. The lowest BCUT2D eigenvalue weighted by atomic mass is 10.0. The monoisotopic (exact) mass is 413 g/mol. The number of carboxylic acid groups (broad SMARTS) is 2. The summed E-state index contributed by atoms with van der Waals surface area (Å²) in [6, 6.07) is 3.95. The fourth-order valence-corrected chi connectivity index (χ4v) is 4.04. The van der Waals surface area contributed by atoms with Gasteiger partial charge in [0.05, 0.1) is 5.56 Å². The first kappa shape index (κ1) is 20.0. The average Bonchev–Trinajstić information content (AvgIpc) is 3.26. The molecule has 3 heterocycles. The summed E-state index contributed by atoms with van der Waals surface area (Å²) in [6.07, 6.45) is 1.78. The van der Waals surface area contributed by atoms with Gasteiger partial charge in [-0.05, 0) is 25.1 Å². The molecule has 1 aliphatic heterocycles. The van der Waals surface area contributed by atoms with Gasteiger partial charge in [0.2, 0.25) is 0 Å². The Morgan fingerprint density at radius 2 is 1.90 bits per heavy atom. The summed E-state index contributed by atoms with van der Waals surface area (Å²) in [5.41, 5.74) is 3.09. The first-order chi connectivity index (χ1) is 14.3. The molecule has 0 saturated carbocycles. The Labute approximate surface area is 172 Å². The molecule has 1 atom stereocenters. The molecule has 0 radical (unpaired) electrons. The van der Waals surface area contributed by atoms with Crippen LogP contribution in [0, 0.1) is 6.92 Å². The van der Waals surface area contributed by atoms with Gasteiger partial charge in [0, 0.05) is 62.4 Å². The highest BCUT2D eigenvalue weighted by Gasteiger charge is 2.33. The van der Waals surface area contributed by atoms with Crippen molar-refractivity contribution in [2.24, 2.45) is 7.05 Å². The van der Waals surface area contributed by atoms with Crippen LogP contribution in [0.3, 0.4) is 0 Å². The molecule has 30 heavy (non-hydrogen) atoms. The molecule has 0 bridgehead atoms. The van der Waals surface area contributed by atoms with Crippen LogP contribution in [0.1, 0.15) is 33.4 Å². The second kappa shape index (κ2) is 7.88. The number of hydrogen-bond donors (Lipinski definition) is 2. The van der Waals surface area contributed by atoms with E-state index in [4.69, 9.17) is 4.63 Å². The van der Waals surface area contributed by atoms with E-state index in [1.165, 1.54) is 6.07 Å². The maximum Gasteiger partial charge on any atom is 0.335 e. The molecule has 2 N–H and O–H groups in total. The van der Waals surface area contributed by atoms with E-state index in [9.17, 15) is 19.8 Å². The lowest BCUT2D eigenvalue weighted by molar-refractivity contribution is -0.144. The van der Waals surface area contributed by atoms with Gasteiger partial charge >= 0.3 is 11.9 Å². The number of aliphatic carboxylic acids is 1. The maximum absolute atomic E-state index is 12.2. The van der Waals surface area contributed by atoms with Crippen molar-refractivity contribution in [2.45, 2.75) is 19.5 Å². The number of nitrogens with zero attached hydrogens (tertiary/aromatic N) is 5. The molecule has 4 rings (SSSR count). The summed E-state index contributed by atoms with van der Waals surface area (Å²) < 4.78 is 6.58. The first-order valence-electron chi connectivity index (χ1n) is 9.64. The quantitative estimate of drug-likeness (QED) is 0.618. The molecule has 10 nitrogen and oxygen atoms in total. The van der Waals surface area contributed by atoms with Crippen molar-refractivity contribution in [3.63, 3.8) is 0 Å². The van der Waals surface area contributed by atoms with Crippen LogP contribution in [0.25, 0.3) is 10.9 Å². The van der Waals surface area contributed by atoms with E-state index < -0.39 is 18.0 Å². The summed E-state index contributed by atoms with van der Waals surface area (Å²) in [6.45, 7) is 4.95. The fraction of sp³-hybridized carbons (Fsp3) is 0.400.